The number of imidazole rings is 2. The number of benzene rings is 1. The summed E-state index contributed by atoms with van der Waals surface area (Å²) in [5.74, 6) is 0.911. The Hall–Kier alpha value is -1.99. The van der Waals surface area contributed by atoms with Crippen molar-refractivity contribution in [3.8, 4) is 5.69 Å². The molecule has 1 aromatic carbocycles. The van der Waals surface area contributed by atoms with Crippen LogP contribution in [0.15, 0.2) is 18.3 Å². The molecule has 1 N–H and O–H groups in total. The Morgan fingerprint density at radius 1 is 1.19 bits per heavy atom. The second kappa shape index (κ2) is 8.75. The lowest BCUT2D eigenvalue weighted by Crippen LogP contribution is -2.37. The molecule has 0 saturated heterocycles. The van der Waals surface area contributed by atoms with Crippen LogP contribution < -0.4 is 4.40 Å². The molecule has 0 bridgehead atoms. The number of alkyl halides is 3. The number of fused-ring (bicyclic) bond motifs is 1. The molecule has 0 spiro atoms. The monoisotopic (exact) mass is 467 g/mol. The molecule has 1 fully saturated rings. The van der Waals surface area contributed by atoms with E-state index in [1.807, 2.05) is 32.9 Å². The third kappa shape index (κ3) is 4.29. The second-order valence-electron chi connectivity index (χ2n) is 9.20. The van der Waals surface area contributed by atoms with Crippen LogP contribution in [0.3, 0.4) is 0 Å². The van der Waals surface area contributed by atoms with Crippen LogP contribution in [-0.2, 0) is 12.7 Å². The van der Waals surface area contributed by atoms with Crippen LogP contribution in [0.1, 0.15) is 60.7 Å². The molecule has 0 atom stereocenters. The quantitative estimate of drug-likeness (QED) is 0.414. The third-order valence-corrected chi connectivity index (χ3v) is 6.77. The van der Waals surface area contributed by atoms with Gasteiger partial charge >= 0.3 is 12.0 Å². The maximum absolute atomic E-state index is 14.1. The van der Waals surface area contributed by atoms with E-state index in [1.165, 1.54) is 6.42 Å². The van der Waals surface area contributed by atoms with E-state index in [1.54, 1.807) is 15.2 Å². The van der Waals surface area contributed by atoms with Gasteiger partial charge in [0, 0.05) is 6.54 Å². The Morgan fingerprint density at radius 3 is 2.38 bits per heavy atom. The highest BCUT2D eigenvalue weighted by Crippen LogP contribution is 2.34. The van der Waals surface area contributed by atoms with E-state index >= 15 is 0 Å². The van der Waals surface area contributed by atoms with Crippen LogP contribution in [-0.4, -0.2) is 27.5 Å². The van der Waals surface area contributed by atoms with Crippen LogP contribution in [0.25, 0.3) is 11.5 Å². The highest BCUT2D eigenvalue weighted by Gasteiger charge is 2.43. The van der Waals surface area contributed by atoms with E-state index in [0.29, 0.717) is 16.8 Å². The molecule has 32 heavy (non-hydrogen) atoms. The van der Waals surface area contributed by atoms with Crippen molar-refractivity contribution in [1.82, 2.24) is 14.5 Å². The predicted octanol–water partition coefficient (Wildman–Crippen LogP) is 6.15. The third-order valence-electron chi connectivity index (χ3n) is 6.50. The minimum Gasteiger partial charge on any atom is -0.296 e. The highest BCUT2D eigenvalue weighted by molar-refractivity contribution is 6.29. The first-order valence-electron chi connectivity index (χ1n) is 11.3. The summed E-state index contributed by atoms with van der Waals surface area (Å²) in [6.45, 7) is 9.82. The summed E-state index contributed by atoms with van der Waals surface area (Å²) in [6.07, 6.45) is 1.56. The Morgan fingerprint density at radius 2 is 1.84 bits per heavy atom. The molecule has 8 heteroatoms. The molecular weight excluding hydrogens is 437 g/mol. The number of rotatable bonds is 7. The number of aromatic amines is 1. The molecule has 1 aliphatic carbocycles. The zero-order valence-corrected chi connectivity index (χ0v) is 19.9. The number of nitrogens with zero attached hydrogens (tertiary/aromatic N) is 3. The molecule has 0 radical (unpaired) electrons. The Kier molecular flexibility index (Phi) is 6.34. The van der Waals surface area contributed by atoms with E-state index < -0.39 is 11.9 Å². The van der Waals surface area contributed by atoms with Gasteiger partial charge in [-0.15, -0.1) is 0 Å². The van der Waals surface area contributed by atoms with E-state index in [4.69, 9.17) is 11.6 Å². The van der Waals surface area contributed by atoms with Gasteiger partial charge in [-0.25, -0.2) is 4.98 Å². The van der Waals surface area contributed by atoms with Crippen molar-refractivity contribution in [3.63, 3.8) is 0 Å². The fourth-order valence-corrected chi connectivity index (χ4v) is 5.25. The van der Waals surface area contributed by atoms with Gasteiger partial charge in [0.05, 0.1) is 6.54 Å². The highest BCUT2D eigenvalue weighted by atomic mass is 35.5. The SMILES string of the molecule is CCCN(Cc1c(C(F)(F)F)[nH]c2n(-c3c(C)cc(C)cc3C)c(Cl)c[n+]12)CC1CCC1. The van der Waals surface area contributed by atoms with Gasteiger partial charge in [-0.05, 0) is 75.2 Å². The van der Waals surface area contributed by atoms with Gasteiger partial charge in [0.15, 0.2) is 0 Å². The van der Waals surface area contributed by atoms with Crippen LogP contribution in [0.2, 0.25) is 5.15 Å². The number of aromatic nitrogens is 3. The van der Waals surface area contributed by atoms with Crippen LogP contribution in [0, 0.1) is 26.7 Å². The van der Waals surface area contributed by atoms with Gasteiger partial charge in [-0.1, -0.05) is 31.0 Å². The average molecular weight is 468 g/mol. The van der Waals surface area contributed by atoms with E-state index in [9.17, 15) is 13.2 Å². The van der Waals surface area contributed by atoms with Gasteiger partial charge in [-0.3, -0.25) is 4.90 Å². The first-order chi connectivity index (χ1) is 15.1. The van der Waals surface area contributed by atoms with Crippen molar-refractivity contribution in [1.29, 1.82) is 0 Å². The number of halogens is 4. The van der Waals surface area contributed by atoms with Crippen molar-refractivity contribution in [2.24, 2.45) is 5.92 Å². The van der Waals surface area contributed by atoms with E-state index in [-0.39, 0.29) is 12.2 Å². The molecule has 174 valence electrons. The van der Waals surface area contributed by atoms with Crippen molar-refractivity contribution in [2.75, 3.05) is 13.1 Å². The molecular formula is C24H31ClF3N4+. The first-order valence-corrected chi connectivity index (χ1v) is 11.7. The minimum absolute atomic E-state index is 0.211. The Labute approximate surface area is 192 Å². The number of aryl methyl sites for hydroxylation is 3. The van der Waals surface area contributed by atoms with Crippen molar-refractivity contribution in [2.45, 2.75) is 66.1 Å². The Bertz CT molecular complexity index is 1100. The van der Waals surface area contributed by atoms with Crippen molar-refractivity contribution in [3.05, 3.63) is 51.6 Å². The molecule has 0 aliphatic heterocycles. The lowest BCUT2D eigenvalue weighted by Gasteiger charge is -2.31. The molecule has 2 aromatic heterocycles. The zero-order valence-electron chi connectivity index (χ0n) is 19.1. The van der Waals surface area contributed by atoms with E-state index in [2.05, 4.69) is 16.8 Å². The molecule has 1 saturated carbocycles. The largest absolute Gasteiger partial charge is 0.449 e. The minimum atomic E-state index is -4.48. The molecule has 3 aromatic rings. The molecule has 2 heterocycles. The van der Waals surface area contributed by atoms with Crippen LogP contribution in [0.5, 0.6) is 0 Å². The normalized spacial score (nSPS) is 15.2. The zero-order chi connectivity index (χ0) is 23.2. The number of H-pyrrole nitrogens is 1. The summed E-state index contributed by atoms with van der Waals surface area (Å²) in [5.41, 5.74) is 3.35. The molecule has 1 aliphatic rings. The predicted molar refractivity (Wildman–Crippen MR) is 120 cm³/mol. The maximum Gasteiger partial charge on any atom is 0.449 e. The van der Waals surface area contributed by atoms with Gasteiger partial charge in [-0.2, -0.15) is 22.1 Å². The van der Waals surface area contributed by atoms with Crippen molar-refractivity contribution < 1.29 is 17.6 Å². The topological polar surface area (TPSA) is 28.1 Å². The molecule has 0 unspecified atom stereocenters. The number of nitrogens with one attached hydrogen (secondary N) is 1. The second-order valence-corrected chi connectivity index (χ2v) is 9.59. The maximum atomic E-state index is 14.1. The Balaban J connectivity index is 1.85. The van der Waals surface area contributed by atoms with Crippen LogP contribution >= 0.6 is 11.6 Å². The summed E-state index contributed by atoms with van der Waals surface area (Å²) in [6, 6.07) is 4.04. The number of hydrogen-bond acceptors (Lipinski definition) is 1. The molecule has 4 nitrogen and oxygen atoms in total. The molecule has 0 amide bonds. The summed E-state index contributed by atoms with van der Waals surface area (Å²) in [4.78, 5) is 4.83. The standard InChI is InChI=1S/C24H30ClF3N4/c1-5-9-30(12-18-7-6-8-18)13-19-22(24(26,27)28)29-23-31(19)14-20(25)32(23)21-16(3)10-15(2)11-17(21)4/h10-11,14,18H,5-9,12-13H2,1-4H3/p+1. The summed E-state index contributed by atoms with van der Waals surface area (Å²) < 4.78 is 45.5. The summed E-state index contributed by atoms with van der Waals surface area (Å²) >= 11 is 6.61. The van der Waals surface area contributed by atoms with Gasteiger partial charge in [0.1, 0.15) is 17.6 Å². The fourth-order valence-electron chi connectivity index (χ4n) is 4.99. The van der Waals surface area contributed by atoms with E-state index in [0.717, 1.165) is 54.7 Å². The van der Waals surface area contributed by atoms with Gasteiger partial charge in [0.2, 0.25) is 10.8 Å². The summed E-state index contributed by atoms with van der Waals surface area (Å²) in [7, 11) is 0. The lowest BCUT2D eigenvalue weighted by molar-refractivity contribution is -0.520. The van der Waals surface area contributed by atoms with Crippen molar-refractivity contribution >= 4 is 17.4 Å². The fraction of sp³-hybridized carbons (Fsp3) is 0.542. The molecule has 4 rings (SSSR count). The first kappa shape index (κ1) is 23.2. The smallest absolute Gasteiger partial charge is 0.296 e. The van der Waals surface area contributed by atoms with Gasteiger partial charge < -0.3 is 0 Å². The summed E-state index contributed by atoms with van der Waals surface area (Å²) in [5, 5.41) is 0.377. The number of hydrogen-bond donors (Lipinski definition) is 1. The average Bonchev–Trinajstić information content (AvgIpc) is 3.14. The lowest BCUT2D eigenvalue weighted by atomic mass is 9.85. The van der Waals surface area contributed by atoms with Crippen LogP contribution in [0.4, 0.5) is 13.2 Å². The van der Waals surface area contributed by atoms with Gasteiger partial charge in [0.25, 0.3) is 0 Å².